The summed E-state index contributed by atoms with van der Waals surface area (Å²) >= 11 is 0. The summed E-state index contributed by atoms with van der Waals surface area (Å²) in [5, 5.41) is 5.69. The smallest absolute Gasteiger partial charge is 0.257 e. The van der Waals surface area contributed by atoms with Crippen LogP contribution in [0.2, 0.25) is 0 Å². The molecule has 0 aliphatic carbocycles. The Kier molecular flexibility index (Phi) is 6.08. The van der Waals surface area contributed by atoms with E-state index in [0.717, 1.165) is 5.56 Å². The molecule has 0 aliphatic rings. The highest BCUT2D eigenvalue weighted by Gasteiger charge is 2.17. The Labute approximate surface area is 189 Å². The molecule has 0 saturated carbocycles. The number of anilines is 2. The van der Waals surface area contributed by atoms with Crippen molar-refractivity contribution in [3.8, 4) is 11.4 Å². The van der Waals surface area contributed by atoms with Crippen LogP contribution in [-0.4, -0.2) is 26.8 Å². The van der Waals surface area contributed by atoms with Gasteiger partial charge in [0, 0.05) is 41.0 Å². The van der Waals surface area contributed by atoms with Gasteiger partial charge in [-0.2, -0.15) is 0 Å². The lowest BCUT2D eigenvalue weighted by Gasteiger charge is -2.14. The number of aryl methyl sites for hydroxylation is 2. The zero-order valence-corrected chi connectivity index (χ0v) is 18.0. The number of aromatic nitrogens is 3. The Morgan fingerprint density at radius 2 is 1.64 bits per heavy atom. The zero-order valence-electron chi connectivity index (χ0n) is 18.0. The fourth-order valence-corrected chi connectivity index (χ4v) is 3.37. The van der Waals surface area contributed by atoms with Crippen LogP contribution in [0, 0.1) is 13.8 Å². The minimum atomic E-state index is -0.383. The third kappa shape index (κ3) is 5.01. The van der Waals surface area contributed by atoms with Gasteiger partial charge >= 0.3 is 0 Å². The molecule has 33 heavy (non-hydrogen) atoms. The Morgan fingerprint density at radius 1 is 0.879 bits per heavy atom. The first-order chi connectivity index (χ1) is 15.9. The van der Waals surface area contributed by atoms with Crippen molar-refractivity contribution in [1.82, 2.24) is 15.0 Å². The van der Waals surface area contributed by atoms with Crippen LogP contribution in [0.5, 0.6) is 0 Å². The summed E-state index contributed by atoms with van der Waals surface area (Å²) in [4.78, 5) is 48.5. The average Bonchev–Trinajstić information content (AvgIpc) is 2.80. The molecule has 0 spiro atoms. The maximum absolute atomic E-state index is 13.1. The van der Waals surface area contributed by atoms with E-state index in [1.165, 1.54) is 18.5 Å². The summed E-state index contributed by atoms with van der Waals surface area (Å²) in [5.41, 5.74) is 3.47. The van der Waals surface area contributed by atoms with Crippen molar-refractivity contribution in [3.63, 3.8) is 0 Å². The summed E-state index contributed by atoms with van der Waals surface area (Å²) < 4.78 is 0. The zero-order chi connectivity index (χ0) is 23.4. The van der Waals surface area contributed by atoms with Crippen molar-refractivity contribution < 1.29 is 9.59 Å². The lowest BCUT2D eigenvalue weighted by atomic mass is 10.1. The van der Waals surface area contributed by atoms with E-state index in [1.807, 2.05) is 13.0 Å². The van der Waals surface area contributed by atoms with Crippen LogP contribution >= 0.6 is 0 Å². The SMILES string of the molecule is Cc1cc(=O)[nH]c(-c2cccc(NC(=O)c3cccc(C)c3NC(=O)c3ccncc3)c2)n1. The Bertz CT molecular complexity index is 1400. The first kappa shape index (κ1) is 21.6. The molecule has 4 rings (SSSR count). The highest BCUT2D eigenvalue weighted by molar-refractivity contribution is 6.13. The molecule has 164 valence electrons. The molecule has 8 nitrogen and oxygen atoms in total. The first-order valence-electron chi connectivity index (χ1n) is 10.2. The van der Waals surface area contributed by atoms with E-state index < -0.39 is 0 Å². The van der Waals surface area contributed by atoms with E-state index in [1.54, 1.807) is 55.5 Å². The van der Waals surface area contributed by atoms with Gasteiger partial charge in [-0.05, 0) is 49.7 Å². The largest absolute Gasteiger partial charge is 0.322 e. The van der Waals surface area contributed by atoms with Crippen LogP contribution in [0.4, 0.5) is 11.4 Å². The van der Waals surface area contributed by atoms with Crippen LogP contribution in [0.25, 0.3) is 11.4 Å². The number of hydrogen-bond donors (Lipinski definition) is 3. The van der Waals surface area contributed by atoms with Crippen LogP contribution in [-0.2, 0) is 0 Å². The number of carbonyl (C=O) groups excluding carboxylic acids is 2. The van der Waals surface area contributed by atoms with Gasteiger partial charge in [0.25, 0.3) is 17.4 Å². The fourth-order valence-electron chi connectivity index (χ4n) is 3.37. The van der Waals surface area contributed by atoms with Gasteiger partial charge < -0.3 is 15.6 Å². The Morgan fingerprint density at radius 3 is 2.39 bits per heavy atom. The average molecular weight is 439 g/mol. The van der Waals surface area contributed by atoms with Gasteiger partial charge in [0.15, 0.2) is 0 Å². The van der Waals surface area contributed by atoms with Gasteiger partial charge in [0.05, 0.1) is 11.3 Å². The summed E-state index contributed by atoms with van der Waals surface area (Å²) in [6.07, 6.45) is 3.06. The monoisotopic (exact) mass is 439 g/mol. The summed E-state index contributed by atoms with van der Waals surface area (Å²) in [5.74, 6) is -0.305. The maximum atomic E-state index is 13.1. The molecule has 2 heterocycles. The highest BCUT2D eigenvalue weighted by Crippen LogP contribution is 2.24. The van der Waals surface area contributed by atoms with Crippen LogP contribution < -0.4 is 16.2 Å². The van der Waals surface area contributed by atoms with Gasteiger partial charge in [-0.1, -0.05) is 24.3 Å². The standard InChI is InChI=1S/C25H21N5O3/c1-15-5-3-8-20(22(15)30-24(32)17-9-11-26-12-10-17)25(33)28-19-7-4-6-18(14-19)23-27-16(2)13-21(31)29-23/h3-14H,1-2H3,(H,28,33)(H,30,32)(H,27,29,31). The number of amides is 2. The van der Waals surface area contributed by atoms with E-state index in [-0.39, 0.29) is 17.4 Å². The predicted molar refractivity (Wildman–Crippen MR) is 126 cm³/mol. The number of carbonyl (C=O) groups is 2. The molecular formula is C25H21N5O3. The number of aromatic amines is 1. The molecule has 2 aromatic heterocycles. The third-order valence-electron chi connectivity index (χ3n) is 4.96. The normalized spacial score (nSPS) is 10.5. The molecule has 0 atom stereocenters. The number of benzene rings is 2. The van der Waals surface area contributed by atoms with Crippen molar-refractivity contribution in [2.24, 2.45) is 0 Å². The highest BCUT2D eigenvalue weighted by atomic mass is 16.2. The number of nitrogens with zero attached hydrogens (tertiary/aromatic N) is 2. The maximum Gasteiger partial charge on any atom is 0.257 e. The second-order valence-electron chi connectivity index (χ2n) is 7.46. The van der Waals surface area contributed by atoms with Crippen molar-refractivity contribution >= 4 is 23.2 Å². The number of rotatable bonds is 5. The molecule has 2 amide bonds. The van der Waals surface area contributed by atoms with Gasteiger partial charge in [-0.3, -0.25) is 19.4 Å². The molecule has 0 bridgehead atoms. The van der Waals surface area contributed by atoms with Crippen molar-refractivity contribution in [2.45, 2.75) is 13.8 Å². The van der Waals surface area contributed by atoms with Gasteiger partial charge in [0.1, 0.15) is 5.82 Å². The van der Waals surface area contributed by atoms with Gasteiger partial charge in [-0.15, -0.1) is 0 Å². The number of nitrogens with one attached hydrogen (secondary N) is 3. The fraction of sp³-hybridized carbons (Fsp3) is 0.0800. The third-order valence-corrected chi connectivity index (χ3v) is 4.96. The molecule has 0 fully saturated rings. The molecule has 0 aliphatic heterocycles. The molecule has 4 aromatic rings. The Balaban J connectivity index is 1.60. The number of H-pyrrole nitrogens is 1. The minimum absolute atomic E-state index is 0.249. The molecule has 2 aromatic carbocycles. The topological polar surface area (TPSA) is 117 Å². The van der Waals surface area contributed by atoms with Crippen molar-refractivity contribution in [3.05, 3.63) is 106 Å². The molecule has 0 saturated heterocycles. The lowest BCUT2D eigenvalue weighted by molar-refractivity contribution is 0.102. The summed E-state index contributed by atoms with van der Waals surface area (Å²) in [6, 6.07) is 16.8. The van der Waals surface area contributed by atoms with Gasteiger partial charge in [-0.25, -0.2) is 4.98 Å². The second kappa shape index (κ2) is 9.27. The second-order valence-corrected chi connectivity index (χ2v) is 7.46. The van der Waals surface area contributed by atoms with Crippen LogP contribution in [0.1, 0.15) is 32.0 Å². The number of hydrogen-bond acceptors (Lipinski definition) is 5. The van der Waals surface area contributed by atoms with Crippen LogP contribution in [0.3, 0.4) is 0 Å². The number of pyridine rings is 1. The predicted octanol–water partition coefficient (Wildman–Crippen LogP) is 3.95. The molecule has 0 radical (unpaired) electrons. The van der Waals surface area contributed by atoms with E-state index in [0.29, 0.717) is 39.6 Å². The van der Waals surface area contributed by atoms with E-state index >= 15 is 0 Å². The Hall–Kier alpha value is -4.59. The first-order valence-corrected chi connectivity index (χ1v) is 10.2. The molecule has 0 unspecified atom stereocenters. The van der Waals surface area contributed by atoms with Gasteiger partial charge in [0.2, 0.25) is 0 Å². The summed E-state index contributed by atoms with van der Waals surface area (Å²) in [6.45, 7) is 3.56. The molecular weight excluding hydrogens is 418 g/mol. The van der Waals surface area contributed by atoms with E-state index in [9.17, 15) is 14.4 Å². The van der Waals surface area contributed by atoms with E-state index in [4.69, 9.17) is 0 Å². The molecule has 8 heteroatoms. The van der Waals surface area contributed by atoms with Crippen molar-refractivity contribution in [2.75, 3.05) is 10.6 Å². The number of para-hydroxylation sites is 1. The van der Waals surface area contributed by atoms with E-state index in [2.05, 4.69) is 25.6 Å². The lowest BCUT2D eigenvalue weighted by Crippen LogP contribution is -2.19. The molecule has 3 N–H and O–H groups in total. The van der Waals surface area contributed by atoms with Crippen LogP contribution in [0.15, 0.2) is 77.9 Å². The summed E-state index contributed by atoms with van der Waals surface area (Å²) in [7, 11) is 0. The quantitative estimate of drug-likeness (QED) is 0.435. The minimum Gasteiger partial charge on any atom is -0.322 e. The van der Waals surface area contributed by atoms with Crippen molar-refractivity contribution in [1.29, 1.82) is 0 Å².